The summed E-state index contributed by atoms with van der Waals surface area (Å²) >= 11 is 1.91. The van der Waals surface area contributed by atoms with Crippen LogP contribution in [0.2, 0.25) is 0 Å². The summed E-state index contributed by atoms with van der Waals surface area (Å²) in [5.41, 5.74) is 0. The third kappa shape index (κ3) is 8.09. The van der Waals surface area contributed by atoms with Crippen molar-refractivity contribution in [1.82, 2.24) is 0 Å². The Hall–Kier alpha value is 0.0900. The summed E-state index contributed by atoms with van der Waals surface area (Å²) in [6, 6.07) is 0. The van der Waals surface area contributed by atoms with E-state index in [9.17, 15) is 0 Å². The van der Waals surface area contributed by atoms with Gasteiger partial charge in [0.15, 0.2) is 0 Å². The van der Waals surface area contributed by atoms with E-state index in [1.54, 1.807) is 0 Å². The minimum Gasteiger partial charge on any atom is -0.165 e. The van der Waals surface area contributed by atoms with E-state index < -0.39 is 0 Å². The van der Waals surface area contributed by atoms with E-state index in [0.717, 1.165) is 0 Å². The lowest BCUT2D eigenvalue weighted by molar-refractivity contribution is 0.952. The monoisotopic (exact) mass is 144 g/mol. The third-order valence-corrected chi connectivity index (χ3v) is 1.75. The summed E-state index contributed by atoms with van der Waals surface area (Å²) in [5, 5.41) is 0. The topological polar surface area (TPSA) is 0 Å². The van der Waals surface area contributed by atoms with Crippen LogP contribution in [-0.4, -0.2) is 12.0 Å². The highest BCUT2D eigenvalue weighted by molar-refractivity contribution is 7.98. The Labute approximate surface area is 62.7 Å². The lowest BCUT2D eigenvalue weighted by atomic mass is 10.3. The Balaban J connectivity index is 2.86. The predicted octanol–water partition coefficient (Wildman–Crippen LogP) is 3.10. The molecule has 0 unspecified atom stereocenters. The highest BCUT2D eigenvalue weighted by Gasteiger charge is 1.76. The Morgan fingerprint density at radius 2 is 1.89 bits per heavy atom. The molecule has 1 heteroatoms. The average molecular weight is 144 g/mol. The molecule has 0 saturated heterocycles. The van der Waals surface area contributed by atoms with Gasteiger partial charge in [0.1, 0.15) is 0 Å². The Morgan fingerprint density at radius 1 is 1.22 bits per heavy atom. The van der Waals surface area contributed by atoms with Gasteiger partial charge in [0.25, 0.3) is 0 Å². The first-order valence-electron chi connectivity index (χ1n) is 3.55. The maximum Gasteiger partial charge on any atom is -0.00357 e. The minimum atomic E-state index is 1.24. The minimum absolute atomic E-state index is 1.24. The van der Waals surface area contributed by atoms with Gasteiger partial charge in [0.05, 0.1) is 0 Å². The van der Waals surface area contributed by atoms with Crippen molar-refractivity contribution in [2.24, 2.45) is 0 Å². The van der Waals surface area contributed by atoms with Crippen molar-refractivity contribution in [1.29, 1.82) is 0 Å². The van der Waals surface area contributed by atoms with Crippen LogP contribution in [0.3, 0.4) is 0 Å². The molecular formula is C8H16S. The molecule has 0 atom stereocenters. The van der Waals surface area contributed by atoms with E-state index in [1.165, 1.54) is 25.0 Å². The van der Waals surface area contributed by atoms with Crippen molar-refractivity contribution in [3.05, 3.63) is 12.2 Å². The first-order chi connectivity index (χ1) is 4.41. The number of unbranched alkanes of at least 4 members (excludes halogenated alkanes) is 1. The molecule has 0 saturated carbocycles. The standard InChI is InChI=1S/C8H16S/c1-3-4-5-6-7-8-9-2/h5-6H,3-4,7-8H2,1-2H3/b6-5+. The van der Waals surface area contributed by atoms with Crippen LogP contribution in [0.4, 0.5) is 0 Å². The lowest BCUT2D eigenvalue weighted by Crippen LogP contribution is -1.71. The summed E-state index contributed by atoms with van der Waals surface area (Å²) in [5.74, 6) is 1.26. The molecule has 0 heterocycles. The van der Waals surface area contributed by atoms with E-state index in [1.807, 2.05) is 11.8 Å². The molecule has 0 aromatic rings. The molecule has 0 bridgehead atoms. The van der Waals surface area contributed by atoms with E-state index >= 15 is 0 Å². The van der Waals surface area contributed by atoms with Crippen LogP contribution in [0.15, 0.2) is 12.2 Å². The fourth-order valence-corrected chi connectivity index (χ4v) is 0.960. The van der Waals surface area contributed by atoms with E-state index in [2.05, 4.69) is 25.3 Å². The average Bonchev–Trinajstić information content (AvgIpc) is 1.89. The van der Waals surface area contributed by atoms with E-state index in [0.29, 0.717) is 0 Å². The van der Waals surface area contributed by atoms with Crippen LogP contribution in [0.5, 0.6) is 0 Å². The molecule has 54 valence electrons. The van der Waals surface area contributed by atoms with Crippen molar-refractivity contribution in [2.45, 2.75) is 26.2 Å². The molecule has 0 spiro atoms. The fourth-order valence-electron chi connectivity index (χ4n) is 0.588. The summed E-state index contributed by atoms with van der Waals surface area (Å²) in [4.78, 5) is 0. The van der Waals surface area contributed by atoms with Gasteiger partial charge >= 0.3 is 0 Å². The van der Waals surface area contributed by atoms with Crippen LogP contribution >= 0.6 is 11.8 Å². The van der Waals surface area contributed by atoms with Crippen molar-refractivity contribution in [2.75, 3.05) is 12.0 Å². The van der Waals surface area contributed by atoms with Crippen LogP contribution in [0, 0.1) is 0 Å². The van der Waals surface area contributed by atoms with Crippen LogP contribution in [-0.2, 0) is 0 Å². The molecule has 0 rings (SSSR count). The van der Waals surface area contributed by atoms with Gasteiger partial charge in [0, 0.05) is 0 Å². The number of hydrogen-bond acceptors (Lipinski definition) is 1. The van der Waals surface area contributed by atoms with Gasteiger partial charge in [-0.3, -0.25) is 0 Å². The SMILES string of the molecule is CCC/C=C/CCSC. The summed E-state index contributed by atoms with van der Waals surface area (Å²) in [7, 11) is 0. The maximum atomic E-state index is 2.28. The van der Waals surface area contributed by atoms with Gasteiger partial charge in [-0.25, -0.2) is 0 Å². The Kier molecular flexibility index (Phi) is 8.17. The second-order valence-electron chi connectivity index (χ2n) is 2.04. The fraction of sp³-hybridized carbons (Fsp3) is 0.750. The number of thioether (sulfide) groups is 1. The highest BCUT2D eigenvalue weighted by Crippen LogP contribution is 1.97. The molecular weight excluding hydrogens is 128 g/mol. The molecule has 0 fully saturated rings. The molecule has 0 aliphatic heterocycles. The number of rotatable bonds is 5. The van der Waals surface area contributed by atoms with Crippen molar-refractivity contribution in [3.63, 3.8) is 0 Å². The Morgan fingerprint density at radius 3 is 2.44 bits per heavy atom. The molecule has 0 nitrogen and oxygen atoms in total. The molecule has 0 amide bonds. The molecule has 0 aliphatic carbocycles. The number of allylic oxidation sites excluding steroid dienone is 2. The Bertz CT molecular complexity index is 67.0. The summed E-state index contributed by atoms with van der Waals surface area (Å²) in [6.45, 7) is 2.21. The van der Waals surface area contributed by atoms with Gasteiger partial charge in [0.2, 0.25) is 0 Å². The van der Waals surface area contributed by atoms with Crippen LogP contribution in [0.1, 0.15) is 26.2 Å². The second-order valence-corrected chi connectivity index (χ2v) is 3.03. The molecule has 9 heavy (non-hydrogen) atoms. The summed E-state index contributed by atoms with van der Waals surface area (Å²) in [6.07, 6.45) is 10.5. The zero-order valence-electron chi connectivity index (χ0n) is 6.39. The molecule has 0 aliphatic rings. The molecule has 0 aromatic carbocycles. The predicted molar refractivity (Wildman–Crippen MR) is 47.0 cm³/mol. The van der Waals surface area contributed by atoms with E-state index in [-0.39, 0.29) is 0 Å². The maximum absolute atomic E-state index is 2.28. The zero-order chi connectivity index (χ0) is 6.95. The van der Waals surface area contributed by atoms with Gasteiger partial charge in [-0.2, -0.15) is 11.8 Å². The van der Waals surface area contributed by atoms with Crippen molar-refractivity contribution in [3.8, 4) is 0 Å². The van der Waals surface area contributed by atoms with Crippen molar-refractivity contribution < 1.29 is 0 Å². The van der Waals surface area contributed by atoms with E-state index in [4.69, 9.17) is 0 Å². The van der Waals surface area contributed by atoms with Crippen LogP contribution < -0.4 is 0 Å². The molecule has 0 N–H and O–H groups in total. The quantitative estimate of drug-likeness (QED) is 0.422. The summed E-state index contributed by atoms with van der Waals surface area (Å²) < 4.78 is 0. The van der Waals surface area contributed by atoms with Gasteiger partial charge in [-0.15, -0.1) is 0 Å². The number of hydrogen-bond donors (Lipinski definition) is 0. The largest absolute Gasteiger partial charge is 0.165 e. The van der Waals surface area contributed by atoms with Crippen LogP contribution in [0.25, 0.3) is 0 Å². The van der Waals surface area contributed by atoms with Gasteiger partial charge in [-0.1, -0.05) is 25.5 Å². The molecule has 0 radical (unpaired) electrons. The van der Waals surface area contributed by atoms with Gasteiger partial charge in [-0.05, 0) is 24.9 Å². The lowest BCUT2D eigenvalue weighted by Gasteiger charge is -1.87. The zero-order valence-corrected chi connectivity index (χ0v) is 7.21. The van der Waals surface area contributed by atoms with Crippen molar-refractivity contribution >= 4 is 11.8 Å². The highest BCUT2D eigenvalue weighted by atomic mass is 32.2. The first kappa shape index (κ1) is 9.09. The smallest absolute Gasteiger partial charge is 0.00357 e. The third-order valence-electron chi connectivity index (χ3n) is 1.11. The molecule has 0 aromatic heterocycles. The first-order valence-corrected chi connectivity index (χ1v) is 4.95. The normalized spacial score (nSPS) is 10.9. The second kappa shape index (κ2) is 8.09. The van der Waals surface area contributed by atoms with Gasteiger partial charge < -0.3 is 0 Å².